The smallest absolute Gasteiger partial charge is 0.241 e. The Balaban J connectivity index is 1.66. The molecule has 6 nitrogen and oxygen atoms in total. The highest BCUT2D eigenvalue weighted by molar-refractivity contribution is 9.10. The third kappa shape index (κ3) is 6.04. The first-order valence-electron chi connectivity index (χ1n) is 9.62. The summed E-state index contributed by atoms with van der Waals surface area (Å²) in [4.78, 5) is 15.0. The van der Waals surface area contributed by atoms with Gasteiger partial charge in [-0.05, 0) is 65.1 Å². The van der Waals surface area contributed by atoms with E-state index in [4.69, 9.17) is 0 Å². The number of halogens is 1. The zero-order valence-corrected chi connectivity index (χ0v) is 18.9. The molecule has 1 saturated heterocycles. The molecule has 0 aliphatic carbocycles. The molecule has 1 aliphatic rings. The molecule has 156 valence electrons. The van der Waals surface area contributed by atoms with E-state index < -0.39 is 10.0 Å². The number of carbonyl (C=O) groups is 1. The largest absolute Gasteiger partial charge is 0.350 e. The Morgan fingerprint density at radius 3 is 2.34 bits per heavy atom. The number of hydrogen-bond donors (Lipinski definition) is 1. The Labute approximate surface area is 181 Å². The highest BCUT2D eigenvalue weighted by Crippen LogP contribution is 2.27. The quantitative estimate of drug-likeness (QED) is 0.631. The van der Waals surface area contributed by atoms with Crippen LogP contribution in [0.1, 0.15) is 24.0 Å². The summed E-state index contributed by atoms with van der Waals surface area (Å²) in [5.74, 6) is -0.345. The second kappa shape index (κ2) is 9.73. The molecule has 2 aromatic rings. The number of para-hydroxylation sites is 1. The number of nitrogens with one attached hydrogen (secondary N) is 1. The number of amides is 1. The number of anilines is 1. The first-order valence-corrected chi connectivity index (χ1v) is 12.3. The Kier molecular flexibility index (Phi) is 7.32. The molecule has 0 aromatic heterocycles. The second-order valence-electron chi connectivity index (χ2n) is 7.25. The lowest BCUT2D eigenvalue weighted by Crippen LogP contribution is -2.40. The molecule has 0 saturated carbocycles. The minimum Gasteiger partial charge on any atom is -0.350 e. The molecule has 1 fully saturated rings. The number of sulfonamides is 1. The van der Waals surface area contributed by atoms with Gasteiger partial charge in [0.05, 0.1) is 11.9 Å². The lowest BCUT2D eigenvalue weighted by molar-refractivity contribution is -0.119. The van der Waals surface area contributed by atoms with Crippen molar-refractivity contribution in [3.63, 3.8) is 0 Å². The highest BCUT2D eigenvalue weighted by Gasteiger charge is 2.22. The zero-order chi connectivity index (χ0) is 20.9. The number of nitrogens with zero attached hydrogens (tertiary/aromatic N) is 2. The van der Waals surface area contributed by atoms with Gasteiger partial charge in [0, 0.05) is 17.6 Å². The summed E-state index contributed by atoms with van der Waals surface area (Å²) >= 11 is 3.36. The fourth-order valence-electron chi connectivity index (χ4n) is 3.48. The predicted molar refractivity (Wildman–Crippen MR) is 119 cm³/mol. The molecular formula is C21H26BrN3O3S. The Hall–Kier alpha value is -1.90. The summed E-state index contributed by atoms with van der Waals surface area (Å²) < 4.78 is 26.3. The van der Waals surface area contributed by atoms with Crippen molar-refractivity contribution < 1.29 is 13.2 Å². The molecule has 0 spiro atoms. The fourth-order valence-corrected chi connectivity index (χ4v) is 4.97. The summed E-state index contributed by atoms with van der Waals surface area (Å²) in [6, 6.07) is 15.0. The predicted octanol–water partition coefficient (Wildman–Crippen LogP) is 3.13. The molecule has 0 radical (unpaired) electrons. The summed E-state index contributed by atoms with van der Waals surface area (Å²) in [5, 5.41) is 2.88. The van der Waals surface area contributed by atoms with E-state index in [1.165, 1.54) is 18.4 Å². The molecular weight excluding hydrogens is 454 g/mol. The van der Waals surface area contributed by atoms with Gasteiger partial charge in [0.2, 0.25) is 15.9 Å². The first-order chi connectivity index (χ1) is 13.8. The van der Waals surface area contributed by atoms with Crippen LogP contribution in [0.5, 0.6) is 0 Å². The van der Waals surface area contributed by atoms with Gasteiger partial charge in [-0.1, -0.05) is 36.4 Å². The molecule has 1 amide bonds. The molecule has 8 heteroatoms. The van der Waals surface area contributed by atoms with Crippen LogP contribution in [0.4, 0.5) is 5.69 Å². The van der Waals surface area contributed by atoms with Crippen molar-refractivity contribution in [3.05, 3.63) is 64.1 Å². The van der Waals surface area contributed by atoms with E-state index in [-0.39, 0.29) is 12.5 Å². The number of rotatable bonds is 8. The van der Waals surface area contributed by atoms with Crippen LogP contribution in [0.3, 0.4) is 0 Å². The molecule has 1 N–H and O–H groups in total. The summed E-state index contributed by atoms with van der Waals surface area (Å²) in [5.41, 5.74) is 2.69. The molecule has 2 aromatic carbocycles. The maximum Gasteiger partial charge on any atom is 0.241 e. The van der Waals surface area contributed by atoms with E-state index in [0.717, 1.165) is 35.8 Å². The van der Waals surface area contributed by atoms with Crippen LogP contribution < -0.4 is 9.62 Å². The monoisotopic (exact) mass is 479 g/mol. The average Bonchev–Trinajstić information content (AvgIpc) is 3.18. The Bertz CT molecular complexity index is 959. The van der Waals surface area contributed by atoms with Gasteiger partial charge in [0.25, 0.3) is 0 Å². The van der Waals surface area contributed by atoms with Crippen molar-refractivity contribution in [3.8, 4) is 0 Å². The van der Waals surface area contributed by atoms with E-state index >= 15 is 0 Å². The van der Waals surface area contributed by atoms with Crippen molar-refractivity contribution in [2.75, 3.05) is 30.2 Å². The second-order valence-corrected chi connectivity index (χ2v) is 10.0. The molecule has 0 atom stereocenters. The maximum absolute atomic E-state index is 12.6. The molecule has 3 rings (SSSR count). The Morgan fingerprint density at radius 2 is 1.69 bits per heavy atom. The SMILES string of the molecule is CS(=O)(=O)N(CC(=O)NCc1ccccc1CN1CCCC1)c1ccccc1Br. The van der Waals surface area contributed by atoms with Crippen molar-refractivity contribution in [2.24, 2.45) is 0 Å². The van der Waals surface area contributed by atoms with E-state index in [2.05, 4.69) is 32.2 Å². The van der Waals surface area contributed by atoms with Gasteiger partial charge < -0.3 is 5.32 Å². The minimum absolute atomic E-state index is 0.268. The molecule has 1 aliphatic heterocycles. The van der Waals surface area contributed by atoms with Gasteiger partial charge in [0.1, 0.15) is 6.54 Å². The van der Waals surface area contributed by atoms with E-state index in [0.29, 0.717) is 16.7 Å². The molecule has 29 heavy (non-hydrogen) atoms. The molecule has 0 unspecified atom stereocenters. The number of likely N-dealkylation sites (tertiary alicyclic amines) is 1. The zero-order valence-electron chi connectivity index (χ0n) is 16.5. The third-order valence-electron chi connectivity index (χ3n) is 5.00. The highest BCUT2D eigenvalue weighted by atomic mass is 79.9. The average molecular weight is 480 g/mol. The lowest BCUT2D eigenvalue weighted by atomic mass is 10.1. The van der Waals surface area contributed by atoms with Crippen LogP contribution in [0.25, 0.3) is 0 Å². The van der Waals surface area contributed by atoms with Crippen LogP contribution in [-0.2, 0) is 27.9 Å². The Morgan fingerprint density at radius 1 is 1.07 bits per heavy atom. The van der Waals surface area contributed by atoms with Crippen LogP contribution in [0.2, 0.25) is 0 Å². The number of hydrogen-bond acceptors (Lipinski definition) is 4. The number of carbonyl (C=O) groups excluding carboxylic acids is 1. The molecule has 1 heterocycles. The van der Waals surface area contributed by atoms with Gasteiger partial charge >= 0.3 is 0 Å². The fraction of sp³-hybridized carbons (Fsp3) is 0.381. The summed E-state index contributed by atoms with van der Waals surface area (Å²) in [6.45, 7) is 3.19. The normalized spacial score (nSPS) is 14.7. The third-order valence-corrected chi connectivity index (χ3v) is 6.79. The van der Waals surface area contributed by atoms with E-state index in [1.54, 1.807) is 24.3 Å². The van der Waals surface area contributed by atoms with E-state index in [1.807, 2.05) is 18.2 Å². The van der Waals surface area contributed by atoms with Gasteiger partial charge in [-0.15, -0.1) is 0 Å². The topological polar surface area (TPSA) is 69.7 Å². The maximum atomic E-state index is 12.6. The van der Waals surface area contributed by atoms with Crippen molar-refractivity contribution in [1.29, 1.82) is 0 Å². The lowest BCUT2D eigenvalue weighted by Gasteiger charge is -2.23. The van der Waals surface area contributed by atoms with E-state index in [9.17, 15) is 13.2 Å². The minimum atomic E-state index is -3.61. The number of benzene rings is 2. The molecule has 0 bridgehead atoms. The summed E-state index contributed by atoms with van der Waals surface area (Å²) in [6.07, 6.45) is 3.57. The van der Waals surface area contributed by atoms with Crippen molar-refractivity contribution in [2.45, 2.75) is 25.9 Å². The van der Waals surface area contributed by atoms with Crippen molar-refractivity contribution >= 4 is 37.5 Å². The van der Waals surface area contributed by atoms with Gasteiger partial charge in [0.15, 0.2) is 0 Å². The van der Waals surface area contributed by atoms with Crippen molar-refractivity contribution in [1.82, 2.24) is 10.2 Å². The van der Waals surface area contributed by atoms with Gasteiger partial charge in [-0.25, -0.2) is 8.42 Å². The summed E-state index contributed by atoms with van der Waals surface area (Å²) in [7, 11) is -3.61. The van der Waals surface area contributed by atoms with Gasteiger partial charge in [-0.3, -0.25) is 14.0 Å². The first kappa shape index (κ1) is 21.8. The van der Waals surface area contributed by atoms with Crippen LogP contribution in [0.15, 0.2) is 53.0 Å². The van der Waals surface area contributed by atoms with Crippen LogP contribution >= 0.6 is 15.9 Å². The van der Waals surface area contributed by atoms with Crippen LogP contribution in [0, 0.1) is 0 Å². The van der Waals surface area contributed by atoms with Gasteiger partial charge in [-0.2, -0.15) is 0 Å². The van der Waals surface area contributed by atoms with Crippen LogP contribution in [-0.4, -0.2) is 45.1 Å². The standard InChI is InChI=1S/C21H26BrN3O3S/c1-29(27,28)25(20-11-5-4-10-19(20)22)16-21(26)23-14-17-8-2-3-9-18(17)15-24-12-6-7-13-24/h2-5,8-11H,6-7,12-16H2,1H3,(H,23,26).